The molecule has 0 spiro atoms. The van der Waals surface area contributed by atoms with Gasteiger partial charge in [-0.15, -0.1) is 0 Å². The first kappa shape index (κ1) is 21.1. The van der Waals surface area contributed by atoms with Gasteiger partial charge in [-0.1, -0.05) is 30.3 Å². The number of hydrogen-bond acceptors (Lipinski definition) is 5. The van der Waals surface area contributed by atoms with E-state index in [2.05, 4.69) is 10.6 Å². The summed E-state index contributed by atoms with van der Waals surface area (Å²) < 4.78 is 5.08. The Hall–Kier alpha value is -2.90. The first-order chi connectivity index (χ1) is 12.1. The van der Waals surface area contributed by atoms with Crippen LogP contribution in [0.3, 0.4) is 0 Å². The van der Waals surface area contributed by atoms with Crippen LogP contribution in [0.2, 0.25) is 0 Å². The predicted octanol–water partition coefficient (Wildman–Crippen LogP) is 0.682. The van der Waals surface area contributed by atoms with Gasteiger partial charge in [-0.25, -0.2) is 4.79 Å². The van der Waals surface area contributed by atoms with Crippen LogP contribution in [-0.4, -0.2) is 41.9 Å². The van der Waals surface area contributed by atoms with Crippen LogP contribution in [0.4, 0.5) is 4.79 Å². The third kappa shape index (κ3) is 8.27. The number of ether oxygens (including phenoxy) is 1. The quantitative estimate of drug-likeness (QED) is 0.585. The molecule has 0 radical (unpaired) electrons. The summed E-state index contributed by atoms with van der Waals surface area (Å²) in [4.78, 5) is 46.7. The second-order valence-electron chi connectivity index (χ2n) is 6.81. The Morgan fingerprint density at radius 3 is 2.27 bits per heavy atom. The third-order valence-electron chi connectivity index (χ3n) is 3.20. The zero-order valence-corrected chi connectivity index (χ0v) is 15.2. The van der Waals surface area contributed by atoms with Gasteiger partial charge < -0.3 is 25.9 Å². The van der Waals surface area contributed by atoms with Gasteiger partial charge in [0.2, 0.25) is 11.8 Å². The van der Waals surface area contributed by atoms with E-state index in [1.165, 1.54) is 0 Å². The molecule has 4 N–H and O–H groups in total. The number of aldehydes is 1. The second kappa shape index (κ2) is 9.55. The molecule has 0 aliphatic rings. The first-order valence-electron chi connectivity index (χ1n) is 8.18. The molecule has 8 nitrogen and oxygen atoms in total. The molecule has 0 aliphatic carbocycles. The van der Waals surface area contributed by atoms with Gasteiger partial charge in [0, 0.05) is 0 Å². The number of nitrogens with two attached hydrogens (primary N) is 1. The number of nitrogens with one attached hydrogen (secondary N) is 2. The molecule has 2 atom stereocenters. The third-order valence-corrected chi connectivity index (χ3v) is 3.20. The molecule has 0 fully saturated rings. The number of alkyl carbamates (subject to hydrolysis) is 1. The monoisotopic (exact) mass is 363 g/mol. The lowest BCUT2D eigenvalue weighted by atomic mass is 10.1. The fraction of sp³-hybridized carbons (Fsp3) is 0.444. The van der Waals surface area contributed by atoms with Crippen molar-refractivity contribution in [1.29, 1.82) is 0 Å². The van der Waals surface area contributed by atoms with Gasteiger partial charge in [0.05, 0.1) is 12.5 Å². The van der Waals surface area contributed by atoms with E-state index in [0.717, 1.165) is 5.56 Å². The maximum absolute atomic E-state index is 12.4. The molecule has 1 rings (SSSR count). The summed E-state index contributed by atoms with van der Waals surface area (Å²) in [6.07, 6.45) is -0.391. The van der Waals surface area contributed by atoms with Crippen molar-refractivity contribution < 1.29 is 23.9 Å². The Labute approximate surface area is 152 Å². The first-order valence-corrected chi connectivity index (χ1v) is 8.18. The van der Waals surface area contributed by atoms with Crippen molar-refractivity contribution >= 4 is 24.2 Å². The van der Waals surface area contributed by atoms with Crippen molar-refractivity contribution in [2.75, 3.05) is 0 Å². The second-order valence-corrected chi connectivity index (χ2v) is 6.81. The van der Waals surface area contributed by atoms with Gasteiger partial charge in [0.1, 0.15) is 17.9 Å². The summed E-state index contributed by atoms with van der Waals surface area (Å²) in [5.41, 5.74) is 5.23. The van der Waals surface area contributed by atoms with Crippen LogP contribution in [0.25, 0.3) is 0 Å². The van der Waals surface area contributed by atoms with Crippen LogP contribution in [0.5, 0.6) is 0 Å². The molecule has 0 saturated heterocycles. The van der Waals surface area contributed by atoms with Gasteiger partial charge in [-0.05, 0) is 32.8 Å². The number of hydrogen-bond donors (Lipinski definition) is 3. The molecule has 26 heavy (non-hydrogen) atoms. The smallest absolute Gasteiger partial charge is 0.408 e. The highest BCUT2D eigenvalue weighted by Gasteiger charge is 2.27. The van der Waals surface area contributed by atoms with Gasteiger partial charge >= 0.3 is 6.09 Å². The molecule has 0 heterocycles. The van der Waals surface area contributed by atoms with E-state index < -0.39 is 42.0 Å². The molecule has 3 amide bonds. The van der Waals surface area contributed by atoms with E-state index >= 15 is 0 Å². The SMILES string of the molecule is CC(C)(C)OC(=O)N[C@@H](CC(N)=O)C(=O)N[C@H](C=O)Cc1ccccc1. The van der Waals surface area contributed by atoms with E-state index in [9.17, 15) is 19.2 Å². The molecular weight excluding hydrogens is 338 g/mol. The minimum Gasteiger partial charge on any atom is -0.444 e. The van der Waals surface area contributed by atoms with Crippen molar-refractivity contribution in [3.05, 3.63) is 35.9 Å². The summed E-state index contributed by atoms with van der Waals surface area (Å²) >= 11 is 0. The molecular formula is C18H25N3O5. The van der Waals surface area contributed by atoms with E-state index in [4.69, 9.17) is 10.5 Å². The average Bonchev–Trinajstić information content (AvgIpc) is 2.52. The van der Waals surface area contributed by atoms with E-state index in [0.29, 0.717) is 6.29 Å². The lowest BCUT2D eigenvalue weighted by molar-refractivity contribution is -0.128. The molecule has 142 valence electrons. The van der Waals surface area contributed by atoms with Gasteiger partial charge in [-0.2, -0.15) is 0 Å². The molecule has 8 heteroatoms. The minimum atomic E-state index is -1.24. The summed E-state index contributed by atoms with van der Waals surface area (Å²) in [7, 11) is 0. The van der Waals surface area contributed by atoms with Gasteiger partial charge in [0.15, 0.2) is 0 Å². The molecule has 1 aromatic rings. The zero-order valence-electron chi connectivity index (χ0n) is 15.2. The van der Waals surface area contributed by atoms with Crippen LogP contribution in [-0.2, 0) is 25.5 Å². The standard InChI is InChI=1S/C18H25N3O5/c1-18(2,3)26-17(25)21-14(10-15(19)23)16(24)20-13(11-22)9-12-7-5-4-6-8-12/h4-8,11,13-14H,9-10H2,1-3H3,(H2,19,23)(H,20,24)(H,21,25)/t13-,14-/m0/s1. The minimum absolute atomic E-state index is 0.284. The van der Waals surface area contributed by atoms with Crippen molar-refractivity contribution in [3.63, 3.8) is 0 Å². The molecule has 0 saturated carbocycles. The van der Waals surface area contributed by atoms with Crippen molar-refractivity contribution in [3.8, 4) is 0 Å². The lowest BCUT2D eigenvalue weighted by Crippen LogP contribution is -2.52. The summed E-state index contributed by atoms with van der Waals surface area (Å²) in [5.74, 6) is -1.46. The molecule has 0 aromatic heterocycles. The van der Waals surface area contributed by atoms with Crippen LogP contribution in [0, 0.1) is 0 Å². The normalized spacial score (nSPS) is 13.2. The molecule has 0 bridgehead atoms. The highest BCUT2D eigenvalue weighted by molar-refractivity contribution is 5.91. The Bertz CT molecular complexity index is 640. The summed E-state index contributed by atoms with van der Waals surface area (Å²) in [5, 5.41) is 4.81. The van der Waals surface area contributed by atoms with Crippen LogP contribution >= 0.6 is 0 Å². The summed E-state index contributed by atoms with van der Waals surface area (Å²) in [6, 6.07) is 7.08. The predicted molar refractivity (Wildman–Crippen MR) is 95.1 cm³/mol. The van der Waals surface area contributed by atoms with Crippen LogP contribution in [0.1, 0.15) is 32.8 Å². The fourth-order valence-electron chi connectivity index (χ4n) is 2.14. The van der Waals surface area contributed by atoms with E-state index in [1.807, 2.05) is 30.3 Å². The van der Waals surface area contributed by atoms with E-state index in [-0.39, 0.29) is 6.42 Å². The van der Waals surface area contributed by atoms with Gasteiger partial charge in [0.25, 0.3) is 0 Å². The molecule has 0 unspecified atom stereocenters. The number of rotatable bonds is 8. The van der Waals surface area contributed by atoms with Gasteiger partial charge in [-0.3, -0.25) is 9.59 Å². The molecule has 1 aromatic carbocycles. The molecule has 0 aliphatic heterocycles. The Morgan fingerprint density at radius 1 is 1.15 bits per heavy atom. The number of carbonyl (C=O) groups excluding carboxylic acids is 4. The topological polar surface area (TPSA) is 128 Å². The Morgan fingerprint density at radius 2 is 1.77 bits per heavy atom. The lowest BCUT2D eigenvalue weighted by Gasteiger charge is -2.23. The van der Waals surface area contributed by atoms with Crippen molar-refractivity contribution in [1.82, 2.24) is 10.6 Å². The number of benzene rings is 1. The number of carbonyl (C=O) groups is 4. The Kier molecular flexibility index (Phi) is 7.77. The van der Waals surface area contributed by atoms with Crippen molar-refractivity contribution in [2.45, 2.75) is 51.3 Å². The fourth-order valence-corrected chi connectivity index (χ4v) is 2.14. The zero-order chi connectivity index (χ0) is 19.7. The van der Waals surface area contributed by atoms with Crippen LogP contribution in [0.15, 0.2) is 30.3 Å². The maximum Gasteiger partial charge on any atom is 0.408 e. The maximum atomic E-state index is 12.4. The number of primary amides is 1. The largest absolute Gasteiger partial charge is 0.444 e. The van der Waals surface area contributed by atoms with E-state index in [1.54, 1.807) is 20.8 Å². The van der Waals surface area contributed by atoms with Crippen molar-refractivity contribution in [2.24, 2.45) is 5.73 Å². The summed E-state index contributed by atoms with van der Waals surface area (Å²) in [6.45, 7) is 4.99. The number of amides is 3. The highest BCUT2D eigenvalue weighted by atomic mass is 16.6. The average molecular weight is 363 g/mol. The Balaban J connectivity index is 2.75. The highest BCUT2D eigenvalue weighted by Crippen LogP contribution is 2.08. The van der Waals surface area contributed by atoms with Crippen LogP contribution < -0.4 is 16.4 Å².